The highest BCUT2D eigenvalue weighted by Crippen LogP contribution is 2.31. The number of halogens is 6. The Bertz CT molecular complexity index is 217. The average molecular weight is 437 g/mol. The molecule has 0 rings (SSSR count). The maximum Gasteiger partial charge on any atom is 0.247 e. The molecule has 10 heteroatoms. The van der Waals surface area contributed by atoms with Crippen molar-refractivity contribution in [1.29, 1.82) is 0 Å². The molecule has 0 aliphatic rings. The van der Waals surface area contributed by atoms with Crippen LogP contribution in [0, 0.1) is 0 Å². The van der Waals surface area contributed by atoms with E-state index in [-0.39, 0.29) is 0 Å². The van der Waals surface area contributed by atoms with Gasteiger partial charge in [0.05, 0.1) is 0 Å². The van der Waals surface area contributed by atoms with Crippen LogP contribution in [0.4, 0.5) is 0 Å². The molecule has 0 bridgehead atoms. The quantitative estimate of drug-likeness (QED) is 0.266. The van der Waals surface area contributed by atoms with Crippen LogP contribution in [0.25, 0.3) is 0 Å². The normalized spacial score (nSPS) is 13.7. The van der Waals surface area contributed by atoms with Gasteiger partial charge < -0.3 is 0 Å². The van der Waals surface area contributed by atoms with Crippen LogP contribution in [-0.4, -0.2) is 26.8 Å². The number of hydrogen-bond acceptors (Lipinski definition) is 0. The summed E-state index contributed by atoms with van der Waals surface area (Å²) in [6.07, 6.45) is 3.06. The van der Waals surface area contributed by atoms with E-state index in [0.717, 1.165) is 37.1 Å². The molecule has 0 aliphatic heterocycles. The Morgan fingerprint density at radius 2 is 0.789 bits per heavy atom. The first-order valence-corrected chi connectivity index (χ1v) is 20.6. The minimum Gasteiger partial charge on any atom is -0.146 e. The van der Waals surface area contributed by atoms with Crippen molar-refractivity contribution in [3.05, 3.63) is 0 Å². The third-order valence-electron chi connectivity index (χ3n) is 2.97. The maximum absolute atomic E-state index is 6.17. The molecule has 0 N–H and O–H groups in total. The first-order chi connectivity index (χ1) is 8.29. The second kappa shape index (κ2) is 8.92. The van der Waals surface area contributed by atoms with E-state index >= 15 is 0 Å². The molecule has 0 unspecified atom stereocenters. The molecule has 0 aliphatic carbocycles. The lowest BCUT2D eigenvalue weighted by molar-refractivity contribution is 1.20. The first-order valence-electron chi connectivity index (χ1n) is 6.42. The van der Waals surface area contributed by atoms with Gasteiger partial charge in [-0.3, -0.25) is 0 Å². The van der Waals surface area contributed by atoms with Gasteiger partial charge in [0, 0.05) is 0 Å². The van der Waals surface area contributed by atoms with Crippen LogP contribution in [0.5, 0.6) is 0 Å². The van der Waals surface area contributed by atoms with E-state index in [1.807, 2.05) is 19.6 Å². The van der Waals surface area contributed by atoms with Gasteiger partial charge >= 0.3 is 0 Å². The molecule has 0 aromatic carbocycles. The van der Waals surface area contributed by atoms with Gasteiger partial charge in [-0.2, -0.15) is 0 Å². The van der Waals surface area contributed by atoms with Crippen LogP contribution in [0.1, 0.15) is 0 Å². The van der Waals surface area contributed by atoms with Crippen molar-refractivity contribution < 1.29 is 0 Å². The summed E-state index contributed by atoms with van der Waals surface area (Å²) in [5, 5.41) is 0. The highest BCUT2D eigenvalue weighted by Gasteiger charge is 2.30. The molecular formula is C9H21BCl6Si3. The molecule has 0 fully saturated rings. The Labute approximate surface area is 149 Å². The Hall–Kier alpha value is 2.46. The maximum atomic E-state index is 6.17. The fourth-order valence-corrected chi connectivity index (χ4v) is 6.52. The summed E-state index contributed by atoms with van der Waals surface area (Å²) in [7, 11) is 0. The zero-order valence-corrected chi connectivity index (χ0v) is 19.1. The van der Waals surface area contributed by atoms with E-state index in [1.54, 1.807) is 0 Å². The Morgan fingerprint density at radius 1 is 0.579 bits per heavy atom. The van der Waals surface area contributed by atoms with Crippen LogP contribution in [0.2, 0.25) is 56.7 Å². The van der Waals surface area contributed by atoms with E-state index in [9.17, 15) is 0 Å². The fraction of sp³-hybridized carbons (Fsp3) is 1.00. The zero-order chi connectivity index (χ0) is 15.3. The van der Waals surface area contributed by atoms with E-state index in [1.165, 1.54) is 0 Å². The standard InChI is InChI=1S/C9H21BCl6Si3/c1-17(11,12)7-4-10(5-8-18(2,13)14)6-9-19(3,15)16/h4-9H2,1-3H3. The summed E-state index contributed by atoms with van der Waals surface area (Å²) in [5.74, 6) is 0. The van der Waals surface area contributed by atoms with Gasteiger partial charge in [-0.25, -0.2) is 0 Å². The van der Waals surface area contributed by atoms with Crippen LogP contribution >= 0.6 is 66.5 Å². The van der Waals surface area contributed by atoms with Crippen LogP contribution in [0.3, 0.4) is 0 Å². The van der Waals surface area contributed by atoms with Crippen molar-refractivity contribution in [3.8, 4) is 0 Å². The minimum absolute atomic E-state index is 0.526. The minimum atomic E-state index is -2.03. The van der Waals surface area contributed by atoms with Crippen LogP contribution in [-0.2, 0) is 0 Å². The lowest BCUT2D eigenvalue weighted by atomic mass is 9.44. The second-order valence-electron chi connectivity index (χ2n) is 5.69. The number of hydrogen-bond donors (Lipinski definition) is 0. The second-order valence-corrected chi connectivity index (χ2v) is 30.4. The van der Waals surface area contributed by atoms with E-state index in [4.69, 9.17) is 66.5 Å². The van der Waals surface area contributed by atoms with Crippen LogP contribution in [0.15, 0.2) is 0 Å². The van der Waals surface area contributed by atoms with Gasteiger partial charge in [-0.05, 0) is 37.8 Å². The Morgan fingerprint density at radius 3 is 0.947 bits per heavy atom. The fourth-order valence-electron chi connectivity index (χ4n) is 1.81. The largest absolute Gasteiger partial charge is 0.247 e. The van der Waals surface area contributed by atoms with Gasteiger partial charge in [-0.1, -0.05) is 19.0 Å². The van der Waals surface area contributed by atoms with Crippen molar-refractivity contribution >= 4 is 93.3 Å². The lowest BCUT2D eigenvalue weighted by Gasteiger charge is -2.20. The first kappa shape index (κ1) is 21.5. The molecule has 0 amide bonds. The van der Waals surface area contributed by atoms with Gasteiger partial charge in [0.1, 0.15) is 6.71 Å². The molecule has 0 aromatic heterocycles. The Kier molecular flexibility index (Phi) is 10.1. The molecule has 0 atom stereocenters. The summed E-state index contributed by atoms with van der Waals surface area (Å²) in [5.41, 5.74) is 0. The molecular weight excluding hydrogens is 416 g/mol. The summed E-state index contributed by atoms with van der Waals surface area (Å²) >= 11 is 37.0. The molecule has 0 nitrogen and oxygen atoms in total. The van der Waals surface area contributed by atoms with Gasteiger partial charge in [0.2, 0.25) is 20.1 Å². The highest BCUT2D eigenvalue weighted by molar-refractivity contribution is 7.46. The van der Waals surface area contributed by atoms with Crippen molar-refractivity contribution in [2.75, 3.05) is 0 Å². The summed E-state index contributed by atoms with van der Waals surface area (Å²) in [4.78, 5) is 0. The van der Waals surface area contributed by atoms with E-state index < -0.39 is 20.1 Å². The summed E-state index contributed by atoms with van der Waals surface area (Å²) < 4.78 is 0. The Balaban J connectivity index is 4.30. The molecule has 0 radical (unpaired) electrons. The van der Waals surface area contributed by atoms with Gasteiger partial charge in [-0.15, -0.1) is 66.5 Å². The van der Waals surface area contributed by atoms with Crippen molar-refractivity contribution in [2.45, 2.75) is 56.7 Å². The van der Waals surface area contributed by atoms with E-state index in [0.29, 0.717) is 6.71 Å². The molecule has 0 heterocycles. The molecule has 19 heavy (non-hydrogen) atoms. The van der Waals surface area contributed by atoms with Crippen molar-refractivity contribution in [3.63, 3.8) is 0 Å². The van der Waals surface area contributed by atoms with Crippen molar-refractivity contribution in [2.24, 2.45) is 0 Å². The topological polar surface area (TPSA) is 0 Å². The van der Waals surface area contributed by atoms with Crippen LogP contribution < -0.4 is 0 Å². The summed E-state index contributed by atoms with van der Waals surface area (Å²) in [6, 6.07) is 2.69. The molecule has 0 aromatic rings. The van der Waals surface area contributed by atoms with Gasteiger partial charge in [0.15, 0.2) is 0 Å². The SMILES string of the molecule is C[Si](Cl)(Cl)CCB(CC[Si](C)(Cl)Cl)CC[Si](C)(Cl)Cl. The zero-order valence-electron chi connectivity index (χ0n) is 11.6. The number of rotatable bonds is 9. The van der Waals surface area contributed by atoms with E-state index in [2.05, 4.69) is 0 Å². The predicted octanol–water partition coefficient (Wildman–Crippen LogP) is 7.13. The highest BCUT2D eigenvalue weighted by atomic mass is 35.7. The van der Waals surface area contributed by atoms with Crippen molar-refractivity contribution in [1.82, 2.24) is 0 Å². The molecule has 0 saturated heterocycles. The smallest absolute Gasteiger partial charge is 0.146 e. The summed E-state index contributed by atoms with van der Waals surface area (Å²) in [6.45, 7) is 0.288. The molecule has 0 saturated carbocycles. The van der Waals surface area contributed by atoms with Gasteiger partial charge in [0.25, 0.3) is 0 Å². The monoisotopic (exact) mass is 434 g/mol. The molecule has 0 spiro atoms. The lowest BCUT2D eigenvalue weighted by Crippen LogP contribution is -2.24. The molecule has 114 valence electrons. The average Bonchev–Trinajstić information content (AvgIpc) is 2.11. The predicted molar refractivity (Wildman–Crippen MR) is 105 cm³/mol. The third-order valence-corrected chi connectivity index (χ3v) is 9.88. The third kappa shape index (κ3) is 16.7.